The van der Waals surface area contributed by atoms with Crippen molar-refractivity contribution >= 4 is 29.1 Å². The predicted molar refractivity (Wildman–Crippen MR) is 78.2 cm³/mol. The summed E-state index contributed by atoms with van der Waals surface area (Å²) in [5.74, 6) is 0.356. The van der Waals surface area contributed by atoms with E-state index in [9.17, 15) is 4.79 Å². The second-order valence-corrected chi connectivity index (χ2v) is 5.92. The predicted octanol–water partition coefficient (Wildman–Crippen LogP) is 3.13. The Morgan fingerprint density at radius 3 is 2.79 bits per heavy atom. The van der Waals surface area contributed by atoms with Gasteiger partial charge in [0.2, 0.25) is 5.91 Å². The highest BCUT2D eigenvalue weighted by atomic mass is 35.5. The fourth-order valence-electron chi connectivity index (χ4n) is 2.49. The van der Waals surface area contributed by atoms with Gasteiger partial charge in [-0.25, -0.2) is 0 Å². The molecule has 1 saturated carbocycles. The zero-order valence-corrected chi connectivity index (χ0v) is 12.2. The van der Waals surface area contributed by atoms with Crippen LogP contribution in [0.5, 0.6) is 0 Å². The van der Waals surface area contributed by atoms with Crippen LogP contribution in [0.4, 0.5) is 0 Å². The summed E-state index contributed by atoms with van der Waals surface area (Å²) in [6.45, 7) is 0.427. The van der Waals surface area contributed by atoms with Crippen molar-refractivity contribution in [3.05, 3.63) is 33.8 Å². The minimum Gasteiger partial charge on any atom is -0.352 e. The summed E-state index contributed by atoms with van der Waals surface area (Å²) in [6.07, 6.45) is 3.71. The summed E-state index contributed by atoms with van der Waals surface area (Å²) in [6, 6.07) is 5.44. The molecule has 1 aromatic carbocycles. The van der Waals surface area contributed by atoms with Gasteiger partial charge in [-0.2, -0.15) is 0 Å². The van der Waals surface area contributed by atoms with Crippen LogP contribution in [0, 0.1) is 5.92 Å². The van der Waals surface area contributed by atoms with Gasteiger partial charge in [-0.3, -0.25) is 4.79 Å². The van der Waals surface area contributed by atoms with Crippen LogP contribution in [0.25, 0.3) is 0 Å². The molecule has 1 aliphatic carbocycles. The van der Waals surface area contributed by atoms with Gasteiger partial charge in [-0.15, -0.1) is 0 Å². The highest BCUT2D eigenvalue weighted by Gasteiger charge is 2.25. The van der Waals surface area contributed by atoms with E-state index in [-0.39, 0.29) is 11.9 Å². The number of amides is 1. The van der Waals surface area contributed by atoms with E-state index in [2.05, 4.69) is 5.32 Å². The van der Waals surface area contributed by atoms with Gasteiger partial charge in [-0.1, -0.05) is 35.7 Å². The molecule has 0 bridgehead atoms. The van der Waals surface area contributed by atoms with Crippen molar-refractivity contribution in [3.63, 3.8) is 0 Å². The molecule has 3 N–H and O–H groups in total. The average molecular weight is 301 g/mol. The number of halogens is 2. The molecule has 0 aliphatic heterocycles. The van der Waals surface area contributed by atoms with Gasteiger partial charge < -0.3 is 11.1 Å². The maximum atomic E-state index is 11.9. The van der Waals surface area contributed by atoms with Gasteiger partial charge in [0.15, 0.2) is 0 Å². The Morgan fingerprint density at radius 2 is 2.16 bits per heavy atom. The highest BCUT2D eigenvalue weighted by molar-refractivity contribution is 6.35. The minimum absolute atomic E-state index is 0.0355. The quantitative estimate of drug-likeness (QED) is 0.897. The van der Waals surface area contributed by atoms with Crippen LogP contribution in [0.1, 0.15) is 31.2 Å². The minimum atomic E-state index is 0.0355. The van der Waals surface area contributed by atoms with Crippen molar-refractivity contribution in [2.75, 3.05) is 0 Å². The molecule has 1 fully saturated rings. The summed E-state index contributed by atoms with van der Waals surface area (Å²) in [5, 5.41) is 4.05. The molecule has 0 saturated heterocycles. The smallest absolute Gasteiger partial charge is 0.220 e. The Balaban J connectivity index is 1.83. The van der Waals surface area contributed by atoms with E-state index < -0.39 is 0 Å². The third kappa shape index (κ3) is 4.10. The van der Waals surface area contributed by atoms with Crippen molar-refractivity contribution in [1.29, 1.82) is 0 Å². The Kier molecular flexibility index (Phi) is 5.08. The van der Waals surface area contributed by atoms with E-state index in [0.29, 0.717) is 28.9 Å². The van der Waals surface area contributed by atoms with Crippen molar-refractivity contribution in [2.24, 2.45) is 11.7 Å². The standard InChI is InChI=1S/C14H18Cl2N2O/c15-11-5-4-10(12(16)7-11)8-18-14(19)6-9-2-1-3-13(9)17/h4-5,7,9,13H,1-3,6,8,17H2,(H,18,19)/t9-,13+/m0/s1. The topological polar surface area (TPSA) is 55.1 Å². The summed E-state index contributed by atoms with van der Waals surface area (Å²) in [4.78, 5) is 11.9. The average Bonchev–Trinajstić information content (AvgIpc) is 2.74. The molecule has 2 atom stereocenters. The second kappa shape index (κ2) is 6.60. The van der Waals surface area contributed by atoms with E-state index >= 15 is 0 Å². The third-order valence-electron chi connectivity index (χ3n) is 3.66. The number of nitrogens with two attached hydrogens (primary N) is 1. The molecular formula is C14H18Cl2N2O. The van der Waals surface area contributed by atoms with Crippen LogP contribution >= 0.6 is 23.2 Å². The first-order valence-electron chi connectivity index (χ1n) is 6.52. The molecule has 0 aromatic heterocycles. The first kappa shape index (κ1) is 14.6. The van der Waals surface area contributed by atoms with Crippen LogP contribution in [-0.4, -0.2) is 11.9 Å². The summed E-state index contributed by atoms with van der Waals surface area (Å²) in [5.41, 5.74) is 6.83. The highest BCUT2D eigenvalue weighted by Crippen LogP contribution is 2.26. The monoisotopic (exact) mass is 300 g/mol. The molecule has 5 heteroatoms. The lowest BCUT2D eigenvalue weighted by atomic mass is 10.00. The maximum Gasteiger partial charge on any atom is 0.220 e. The first-order chi connectivity index (χ1) is 9.06. The van der Waals surface area contributed by atoms with Gasteiger partial charge in [-0.05, 0) is 36.5 Å². The molecule has 1 aliphatic rings. The van der Waals surface area contributed by atoms with Crippen LogP contribution < -0.4 is 11.1 Å². The van der Waals surface area contributed by atoms with Gasteiger partial charge in [0.1, 0.15) is 0 Å². The molecule has 2 rings (SSSR count). The number of carbonyl (C=O) groups excluding carboxylic acids is 1. The molecule has 19 heavy (non-hydrogen) atoms. The zero-order chi connectivity index (χ0) is 13.8. The Morgan fingerprint density at radius 1 is 1.37 bits per heavy atom. The van der Waals surface area contributed by atoms with Crippen LogP contribution in [0.15, 0.2) is 18.2 Å². The van der Waals surface area contributed by atoms with Crippen molar-refractivity contribution in [3.8, 4) is 0 Å². The zero-order valence-electron chi connectivity index (χ0n) is 10.7. The van der Waals surface area contributed by atoms with Crippen molar-refractivity contribution in [2.45, 2.75) is 38.3 Å². The van der Waals surface area contributed by atoms with E-state index in [1.165, 1.54) is 0 Å². The third-order valence-corrected chi connectivity index (χ3v) is 4.24. The van der Waals surface area contributed by atoms with Crippen LogP contribution in [0.3, 0.4) is 0 Å². The lowest BCUT2D eigenvalue weighted by molar-refractivity contribution is -0.122. The molecule has 0 unspecified atom stereocenters. The lowest BCUT2D eigenvalue weighted by Crippen LogP contribution is -2.31. The lowest BCUT2D eigenvalue weighted by Gasteiger charge is -2.15. The van der Waals surface area contributed by atoms with E-state index in [4.69, 9.17) is 28.9 Å². The maximum absolute atomic E-state index is 11.9. The normalized spacial score (nSPS) is 22.5. The van der Waals surface area contributed by atoms with Gasteiger partial charge in [0.05, 0.1) is 0 Å². The largest absolute Gasteiger partial charge is 0.352 e. The number of hydrogen-bond donors (Lipinski definition) is 2. The molecular weight excluding hydrogens is 283 g/mol. The SMILES string of the molecule is N[C@@H]1CCC[C@H]1CC(=O)NCc1ccc(Cl)cc1Cl. The van der Waals surface area contributed by atoms with E-state index in [1.54, 1.807) is 12.1 Å². The fourth-order valence-corrected chi connectivity index (χ4v) is 2.96. The van der Waals surface area contributed by atoms with Gasteiger partial charge in [0.25, 0.3) is 0 Å². The number of carbonyl (C=O) groups is 1. The molecule has 1 aromatic rings. The molecule has 3 nitrogen and oxygen atoms in total. The second-order valence-electron chi connectivity index (χ2n) is 5.07. The molecule has 0 radical (unpaired) electrons. The van der Waals surface area contributed by atoms with Crippen molar-refractivity contribution in [1.82, 2.24) is 5.32 Å². The fraction of sp³-hybridized carbons (Fsp3) is 0.500. The van der Waals surface area contributed by atoms with Gasteiger partial charge >= 0.3 is 0 Å². The Hall–Kier alpha value is -0.770. The summed E-state index contributed by atoms with van der Waals surface area (Å²) < 4.78 is 0. The first-order valence-corrected chi connectivity index (χ1v) is 7.28. The number of hydrogen-bond acceptors (Lipinski definition) is 2. The van der Waals surface area contributed by atoms with Gasteiger partial charge in [0, 0.05) is 29.1 Å². The Labute approximate surface area is 123 Å². The van der Waals surface area contributed by atoms with E-state index in [1.807, 2.05) is 6.07 Å². The number of rotatable bonds is 4. The number of nitrogens with one attached hydrogen (secondary N) is 1. The van der Waals surface area contributed by atoms with Crippen LogP contribution in [-0.2, 0) is 11.3 Å². The molecule has 0 spiro atoms. The molecule has 104 valence electrons. The number of benzene rings is 1. The Bertz CT molecular complexity index is 465. The van der Waals surface area contributed by atoms with Crippen molar-refractivity contribution < 1.29 is 4.79 Å². The van der Waals surface area contributed by atoms with E-state index in [0.717, 1.165) is 24.8 Å². The van der Waals surface area contributed by atoms with Crippen LogP contribution in [0.2, 0.25) is 10.0 Å². The molecule has 0 heterocycles. The summed E-state index contributed by atoms with van der Waals surface area (Å²) >= 11 is 11.9. The molecule has 1 amide bonds. The summed E-state index contributed by atoms with van der Waals surface area (Å²) in [7, 11) is 0.